The van der Waals surface area contributed by atoms with Gasteiger partial charge in [0.25, 0.3) is 5.91 Å². The molecule has 43 heavy (non-hydrogen) atoms. The number of nitrogens with two attached hydrogens (primary N) is 1. The van der Waals surface area contributed by atoms with Gasteiger partial charge in [0, 0.05) is 12.5 Å². The molecule has 242 valence electrons. The number of nitrogens with one attached hydrogen (secondary N) is 3. The van der Waals surface area contributed by atoms with Gasteiger partial charge in [-0.2, -0.15) is 0 Å². The molecule has 5 amide bonds. The largest absolute Gasteiger partial charge is 0.363 e. The maximum absolute atomic E-state index is 14.3. The molecular formula is C32H53N5O6. The van der Waals surface area contributed by atoms with Gasteiger partial charge in [-0.05, 0) is 41.4 Å². The zero-order valence-electron chi connectivity index (χ0n) is 27.4. The van der Waals surface area contributed by atoms with E-state index in [2.05, 4.69) is 22.5 Å². The molecule has 0 aromatic carbocycles. The van der Waals surface area contributed by atoms with Gasteiger partial charge in [0.05, 0.1) is 12.1 Å². The molecule has 1 heterocycles. The Morgan fingerprint density at radius 2 is 1.51 bits per heavy atom. The number of ketones is 2. The highest BCUT2D eigenvalue weighted by atomic mass is 16.2. The molecule has 0 radical (unpaired) electrons. The molecule has 2 aliphatic rings. The molecule has 11 heteroatoms. The lowest BCUT2D eigenvalue weighted by Gasteiger charge is -2.39. The Morgan fingerprint density at radius 3 is 1.95 bits per heavy atom. The van der Waals surface area contributed by atoms with E-state index in [1.807, 2.05) is 48.5 Å². The summed E-state index contributed by atoms with van der Waals surface area (Å²) in [6.45, 7) is 20.7. The first-order valence-electron chi connectivity index (χ1n) is 15.4. The van der Waals surface area contributed by atoms with Crippen LogP contribution in [-0.4, -0.2) is 70.9 Å². The highest BCUT2D eigenvalue weighted by Gasteiger charge is 2.50. The van der Waals surface area contributed by atoms with Crippen LogP contribution in [0.5, 0.6) is 0 Å². The van der Waals surface area contributed by atoms with Crippen LogP contribution in [0.2, 0.25) is 0 Å². The van der Waals surface area contributed by atoms with Gasteiger partial charge >= 0.3 is 6.03 Å². The van der Waals surface area contributed by atoms with Crippen LogP contribution in [0.3, 0.4) is 0 Å². The number of Topliss-reactive ketones (excluding diaryl/α,β-unsaturated/α-hetero) is 2. The van der Waals surface area contributed by atoms with E-state index in [-0.39, 0.29) is 36.0 Å². The third kappa shape index (κ3) is 9.13. The topological polar surface area (TPSA) is 168 Å². The summed E-state index contributed by atoms with van der Waals surface area (Å²) >= 11 is 0. The molecule has 1 saturated carbocycles. The van der Waals surface area contributed by atoms with Crippen molar-refractivity contribution < 1.29 is 28.8 Å². The number of carbonyl (C=O) groups is 6. The number of likely N-dealkylation sites (tertiary alicyclic amines) is 1. The molecule has 11 nitrogen and oxygen atoms in total. The number of amides is 5. The Kier molecular flexibility index (Phi) is 11.7. The van der Waals surface area contributed by atoms with Gasteiger partial charge in [-0.25, -0.2) is 4.79 Å². The molecule has 1 aliphatic carbocycles. The molecule has 5 atom stereocenters. The lowest BCUT2D eigenvalue weighted by molar-refractivity contribution is -0.144. The molecule has 1 aliphatic heterocycles. The highest BCUT2D eigenvalue weighted by molar-refractivity contribution is 6.37. The average Bonchev–Trinajstić information content (AvgIpc) is 3.60. The van der Waals surface area contributed by atoms with Crippen molar-refractivity contribution in [2.75, 3.05) is 6.54 Å². The summed E-state index contributed by atoms with van der Waals surface area (Å²) < 4.78 is 0. The van der Waals surface area contributed by atoms with Crippen molar-refractivity contribution in [3.8, 4) is 0 Å². The van der Waals surface area contributed by atoms with Crippen LogP contribution >= 0.6 is 0 Å². The summed E-state index contributed by atoms with van der Waals surface area (Å²) in [4.78, 5) is 80.0. The number of carbonyl (C=O) groups excluding carboxylic acids is 6. The lowest BCUT2D eigenvalue weighted by Crippen LogP contribution is -2.62. The van der Waals surface area contributed by atoms with Crippen molar-refractivity contribution in [1.82, 2.24) is 20.9 Å². The SMILES string of the molecule is C=CC(C)(C)[C@H]1CCN(C(=O)[C@@H](NC(=O)N[C@H](C(=O)C(C)C)C(C)C)C(C)(C)C)[C@@H]1C(=O)NC(CC1CC1)C(=O)C(N)=O. The smallest absolute Gasteiger partial charge is 0.316 e. The third-order valence-electron chi connectivity index (χ3n) is 8.79. The number of hydrogen-bond donors (Lipinski definition) is 4. The third-order valence-corrected chi connectivity index (χ3v) is 8.79. The monoisotopic (exact) mass is 603 g/mol. The summed E-state index contributed by atoms with van der Waals surface area (Å²) in [5.74, 6) is -3.67. The van der Waals surface area contributed by atoms with Crippen LogP contribution < -0.4 is 21.7 Å². The highest BCUT2D eigenvalue weighted by Crippen LogP contribution is 2.41. The predicted molar refractivity (Wildman–Crippen MR) is 164 cm³/mol. The summed E-state index contributed by atoms with van der Waals surface area (Å²) in [6.07, 6.45) is 4.34. The summed E-state index contributed by atoms with van der Waals surface area (Å²) in [5, 5.41) is 8.29. The van der Waals surface area contributed by atoms with Crippen molar-refractivity contribution in [2.45, 2.75) is 112 Å². The summed E-state index contributed by atoms with van der Waals surface area (Å²) in [5.41, 5.74) is 3.98. The average molecular weight is 604 g/mol. The zero-order valence-corrected chi connectivity index (χ0v) is 27.4. The lowest BCUT2D eigenvalue weighted by atomic mass is 9.74. The van der Waals surface area contributed by atoms with Crippen LogP contribution in [0.1, 0.15) is 88.0 Å². The van der Waals surface area contributed by atoms with Crippen LogP contribution in [0.4, 0.5) is 4.79 Å². The Balaban J connectivity index is 2.40. The minimum Gasteiger partial charge on any atom is -0.363 e. The molecule has 0 bridgehead atoms. The second-order valence-corrected chi connectivity index (χ2v) is 14.6. The summed E-state index contributed by atoms with van der Waals surface area (Å²) in [7, 11) is 0. The maximum Gasteiger partial charge on any atom is 0.316 e. The molecule has 5 N–H and O–H groups in total. The number of urea groups is 1. The van der Waals surface area contributed by atoms with Gasteiger partial charge in [-0.1, -0.05) is 81.2 Å². The normalized spacial score (nSPS) is 21.1. The minimum absolute atomic E-state index is 0.110. The Hall–Kier alpha value is -3.24. The van der Waals surface area contributed by atoms with Gasteiger partial charge in [0.2, 0.25) is 17.6 Å². The van der Waals surface area contributed by atoms with Crippen LogP contribution in [0.25, 0.3) is 0 Å². The second-order valence-electron chi connectivity index (χ2n) is 14.6. The number of hydrogen-bond acceptors (Lipinski definition) is 6. The Morgan fingerprint density at radius 1 is 0.930 bits per heavy atom. The van der Waals surface area contributed by atoms with Crippen molar-refractivity contribution in [3.05, 3.63) is 12.7 Å². The van der Waals surface area contributed by atoms with E-state index in [1.165, 1.54) is 4.90 Å². The fraction of sp³-hybridized carbons (Fsp3) is 0.750. The van der Waals surface area contributed by atoms with E-state index in [0.717, 1.165) is 12.8 Å². The van der Waals surface area contributed by atoms with E-state index in [9.17, 15) is 28.8 Å². The van der Waals surface area contributed by atoms with Crippen molar-refractivity contribution in [2.24, 2.45) is 40.2 Å². The minimum atomic E-state index is -1.12. The first-order valence-corrected chi connectivity index (χ1v) is 15.4. The molecule has 0 spiro atoms. The zero-order chi connectivity index (χ0) is 33.0. The maximum atomic E-state index is 14.3. The Bertz CT molecular complexity index is 1100. The van der Waals surface area contributed by atoms with Crippen LogP contribution in [0.15, 0.2) is 12.7 Å². The standard InChI is InChI=1S/C32H53N5O6/c1-11-32(9,10)20-14-15-37(23(20)28(41)34-21(16-19-12-13-19)25(39)27(33)40)29(42)26(31(6,7)8)36-30(43)35-22(17(2)3)24(38)18(4)5/h11,17-23,26H,1,12-16H2,2-10H3,(H2,33,40)(H,34,41)(H2,35,36,43)/t20-,21?,22-,23-,26+/m0/s1. The fourth-order valence-corrected chi connectivity index (χ4v) is 5.70. The van der Waals surface area contributed by atoms with Crippen LogP contribution in [0, 0.1) is 34.5 Å². The summed E-state index contributed by atoms with van der Waals surface area (Å²) in [6, 6.07) is -4.48. The molecule has 2 fully saturated rings. The van der Waals surface area contributed by atoms with Crippen molar-refractivity contribution in [3.63, 3.8) is 0 Å². The van der Waals surface area contributed by atoms with Crippen molar-refractivity contribution >= 4 is 35.3 Å². The number of nitrogens with zero attached hydrogens (tertiary/aromatic N) is 1. The Labute approximate surface area is 256 Å². The predicted octanol–water partition coefficient (Wildman–Crippen LogP) is 2.72. The second kappa shape index (κ2) is 14.0. The van der Waals surface area contributed by atoms with Crippen molar-refractivity contribution in [1.29, 1.82) is 0 Å². The fourth-order valence-electron chi connectivity index (χ4n) is 5.70. The quantitative estimate of drug-likeness (QED) is 0.176. The molecule has 0 aromatic heterocycles. The van der Waals surface area contributed by atoms with Crippen LogP contribution in [-0.2, 0) is 24.0 Å². The van der Waals surface area contributed by atoms with Gasteiger partial charge in [0.1, 0.15) is 12.1 Å². The molecule has 0 aromatic rings. The van der Waals surface area contributed by atoms with Gasteiger partial charge in [-0.15, -0.1) is 6.58 Å². The van der Waals surface area contributed by atoms with Gasteiger partial charge in [0.15, 0.2) is 5.78 Å². The number of primary amides is 1. The molecule has 2 rings (SSSR count). The van der Waals surface area contributed by atoms with E-state index in [0.29, 0.717) is 12.8 Å². The van der Waals surface area contributed by atoms with E-state index in [4.69, 9.17) is 5.73 Å². The van der Waals surface area contributed by atoms with Gasteiger partial charge < -0.3 is 26.6 Å². The van der Waals surface area contributed by atoms with E-state index >= 15 is 0 Å². The first-order chi connectivity index (χ1) is 19.7. The molecular weight excluding hydrogens is 550 g/mol. The van der Waals surface area contributed by atoms with E-state index < -0.39 is 64.5 Å². The van der Waals surface area contributed by atoms with Gasteiger partial charge in [-0.3, -0.25) is 24.0 Å². The number of allylic oxidation sites excluding steroid dienone is 1. The number of rotatable bonds is 14. The first kappa shape index (κ1) is 36.0. The van der Waals surface area contributed by atoms with E-state index in [1.54, 1.807) is 19.9 Å². The molecule has 1 saturated heterocycles. The molecule has 1 unspecified atom stereocenters.